The smallest absolute Gasteiger partial charge is 0.315 e. The first-order chi connectivity index (χ1) is 11.6. The van der Waals surface area contributed by atoms with E-state index in [0.717, 1.165) is 6.54 Å². The van der Waals surface area contributed by atoms with E-state index in [4.69, 9.17) is 4.74 Å². The Kier molecular flexibility index (Phi) is 4.98. The van der Waals surface area contributed by atoms with Crippen molar-refractivity contribution in [3.8, 4) is 5.75 Å². The summed E-state index contributed by atoms with van der Waals surface area (Å²) in [5, 5.41) is 9.91. The van der Waals surface area contributed by atoms with Crippen LogP contribution in [0, 0.1) is 11.7 Å². The maximum atomic E-state index is 13.8. The highest BCUT2D eigenvalue weighted by molar-refractivity contribution is 5.74. The summed E-state index contributed by atoms with van der Waals surface area (Å²) in [4.78, 5) is 12.1. The molecule has 0 unspecified atom stereocenters. The molecule has 2 N–H and O–H groups in total. The first-order valence-corrected chi connectivity index (χ1v) is 8.06. The Morgan fingerprint density at radius 3 is 3.17 bits per heavy atom. The maximum absolute atomic E-state index is 13.8. The van der Waals surface area contributed by atoms with Crippen molar-refractivity contribution in [3.63, 3.8) is 0 Å². The van der Waals surface area contributed by atoms with Crippen molar-refractivity contribution in [1.29, 1.82) is 0 Å². The first-order valence-electron chi connectivity index (χ1n) is 8.06. The van der Waals surface area contributed by atoms with Crippen molar-refractivity contribution in [3.05, 3.63) is 48.0 Å². The van der Waals surface area contributed by atoms with Crippen molar-refractivity contribution in [2.45, 2.75) is 25.9 Å². The number of ether oxygens (including phenoxy) is 1. The average Bonchev–Trinajstić information content (AvgIpc) is 3.07. The Hall–Kier alpha value is -2.57. The Balaban J connectivity index is 1.52. The molecule has 1 aliphatic heterocycles. The van der Waals surface area contributed by atoms with Crippen LogP contribution in [-0.2, 0) is 6.54 Å². The van der Waals surface area contributed by atoms with Gasteiger partial charge in [0.1, 0.15) is 0 Å². The molecule has 24 heavy (non-hydrogen) atoms. The minimum Gasteiger partial charge on any atom is -0.490 e. The van der Waals surface area contributed by atoms with Crippen LogP contribution in [0.4, 0.5) is 9.18 Å². The van der Waals surface area contributed by atoms with E-state index >= 15 is 0 Å². The molecule has 0 radical (unpaired) electrons. The zero-order valence-electron chi connectivity index (χ0n) is 13.5. The molecule has 2 amide bonds. The van der Waals surface area contributed by atoms with E-state index < -0.39 is 5.82 Å². The molecule has 7 heteroatoms. The molecule has 2 atom stereocenters. The molecule has 2 heterocycles. The SMILES string of the molecule is C[C@H](CNC(=O)N[C@H]1CCOc2c(F)cccc21)Cn1cccn1. The molecule has 1 aromatic carbocycles. The van der Waals surface area contributed by atoms with Gasteiger partial charge in [-0.3, -0.25) is 4.68 Å². The van der Waals surface area contributed by atoms with Crippen LogP contribution in [0.5, 0.6) is 5.75 Å². The second-order valence-corrected chi connectivity index (χ2v) is 6.04. The third-order valence-electron chi connectivity index (χ3n) is 4.00. The summed E-state index contributed by atoms with van der Waals surface area (Å²) in [6.07, 6.45) is 4.24. The number of carbonyl (C=O) groups excluding carboxylic acids is 1. The molecule has 6 nitrogen and oxygen atoms in total. The monoisotopic (exact) mass is 332 g/mol. The van der Waals surface area contributed by atoms with Gasteiger partial charge in [0.25, 0.3) is 0 Å². The summed E-state index contributed by atoms with van der Waals surface area (Å²) in [6, 6.07) is 6.13. The van der Waals surface area contributed by atoms with Crippen molar-refractivity contribution < 1.29 is 13.9 Å². The second kappa shape index (κ2) is 7.33. The lowest BCUT2D eigenvalue weighted by Gasteiger charge is -2.27. The van der Waals surface area contributed by atoms with Gasteiger partial charge < -0.3 is 15.4 Å². The fourth-order valence-electron chi connectivity index (χ4n) is 2.80. The van der Waals surface area contributed by atoms with Gasteiger partial charge in [0.05, 0.1) is 12.6 Å². The number of fused-ring (bicyclic) bond motifs is 1. The fourth-order valence-corrected chi connectivity index (χ4v) is 2.80. The normalized spacial score (nSPS) is 17.5. The van der Waals surface area contributed by atoms with Crippen LogP contribution in [0.25, 0.3) is 0 Å². The average molecular weight is 332 g/mol. The fraction of sp³-hybridized carbons (Fsp3) is 0.412. The number of carbonyl (C=O) groups is 1. The summed E-state index contributed by atoms with van der Waals surface area (Å²) >= 11 is 0. The molecular formula is C17H21FN4O2. The third kappa shape index (κ3) is 3.84. The number of hydrogen-bond donors (Lipinski definition) is 2. The van der Waals surface area contributed by atoms with E-state index in [1.54, 1.807) is 18.3 Å². The van der Waals surface area contributed by atoms with Crippen LogP contribution in [0.1, 0.15) is 24.9 Å². The minimum absolute atomic E-state index is 0.237. The first kappa shape index (κ1) is 16.3. The summed E-state index contributed by atoms with van der Waals surface area (Å²) < 4.78 is 21.0. The highest BCUT2D eigenvalue weighted by Gasteiger charge is 2.25. The molecule has 3 rings (SSSR count). The quantitative estimate of drug-likeness (QED) is 0.884. The molecule has 0 fully saturated rings. The molecule has 1 aromatic heterocycles. The Morgan fingerprint density at radius 2 is 2.38 bits per heavy atom. The van der Waals surface area contributed by atoms with Crippen LogP contribution in [0.15, 0.2) is 36.7 Å². The lowest BCUT2D eigenvalue weighted by Crippen LogP contribution is -2.41. The number of rotatable bonds is 5. The van der Waals surface area contributed by atoms with Gasteiger partial charge >= 0.3 is 6.03 Å². The topological polar surface area (TPSA) is 68.2 Å². The van der Waals surface area contributed by atoms with Gasteiger partial charge in [0, 0.05) is 37.5 Å². The van der Waals surface area contributed by atoms with Gasteiger partial charge in [-0.15, -0.1) is 0 Å². The zero-order chi connectivity index (χ0) is 16.9. The molecule has 0 saturated heterocycles. The molecular weight excluding hydrogens is 311 g/mol. The third-order valence-corrected chi connectivity index (χ3v) is 4.00. The number of halogens is 1. The minimum atomic E-state index is -0.396. The van der Waals surface area contributed by atoms with Gasteiger partial charge in [0.2, 0.25) is 0 Å². The maximum Gasteiger partial charge on any atom is 0.315 e. The number of hydrogen-bond acceptors (Lipinski definition) is 3. The zero-order valence-corrected chi connectivity index (χ0v) is 13.5. The standard InChI is InChI=1S/C17H21FN4O2/c1-12(11-22-8-3-7-20-22)10-19-17(23)21-15-6-9-24-16-13(15)4-2-5-14(16)18/h2-5,7-8,12,15H,6,9-11H2,1H3,(H2,19,21,23)/t12-,15+/m1/s1. The number of benzene rings is 1. The van der Waals surface area contributed by atoms with Crippen LogP contribution >= 0.6 is 0 Å². The predicted octanol–water partition coefficient (Wildman–Crippen LogP) is 2.48. The van der Waals surface area contributed by atoms with Crippen LogP contribution < -0.4 is 15.4 Å². The number of nitrogens with one attached hydrogen (secondary N) is 2. The van der Waals surface area contributed by atoms with Gasteiger partial charge in [-0.25, -0.2) is 9.18 Å². The van der Waals surface area contributed by atoms with Crippen molar-refractivity contribution in [1.82, 2.24) is 20.4 Å². The summed E-state index contributed by atoms with van der Waals surface area (Å²) in [7, 11) is 0. The number of aromatic nitrogens is 2. The highest BCUT2D eigenvalue weighted by atomic mass is 19.1. The second-order valence-electron chi connectivity index (χ2n) is 6.04. The van der Waals surface area contributed by atoms with E-state index in [1.165, 1.54) is 6.07 Å². The van der Waals surface area contributed by atoms with E-state index in [0.29, 0.717) is 25.1 Å². The van der Waals surface area contributed by atoms with Crippen LogP contribution in [0.3, 0.4) is 0 Å². The Labute approximate surface area is 140 Å². The molecule has 0 spiro atoms. The highest BCUT2D eigenvalue weighted by Crippen LogP contribution is 2.33. The van der Waals surface area contributed by atoms with Crippen LogP contribution in [-0.4, -0.2) is 29.0 Å². The molecule has 0 saturated carbocycles. The van der Waals surface area contributed by atoms with E-state index in [2.05, 4.69) is 15.7 Å². The van der Waals surface area contributed by atoms with Crippen molar-refractivity contribution in [2.75, 3.05) is 13.2 Å². The van der Waals surface area contributed by atoms with Crippen molar-refractivity contribution in [2.24, 2.45) is 5.92 Å². The Morgan fingerprint density at radius 1 is 1.50 bits per heavy atom. The Bertz CT molecular complexity index is 690. The molecule has 0 aliphatic carbocycles. The van der Waals surface area contributed by atoms with Crippen LogP contribution in [0.2, 0.25) is 0 Å². The molecule has 1 aliphatic rings. The number of urea groups is 1. The van der Waals surface area contributed by atoms with E-state index in [9.17, 15) is 9.18 Å². The number of para-hydroxylation sites is 1. The molecule has 2 aromatic rings. The van der Waals surface area contributed by atoms with E-state index in [1.807, 2.05) is 23.9 Å². The lowest BCUT2D eigenvalue weighted by atomic mass is 10.0. The molecule has 0 bridgehead atoms. The van der Waals surface area contributed by atoms with E-state index in [-0.39, 0.29) is 23.7 Å². The largest absolute Gasteiger partial charge is 0.490 e. The van der Waals surface area contributed by atoms with Gasteiger partial charge in [-0.1, -0.05) is 19.1 Å². The lowest BCUT2D eigenvalue weighted by molar-refractivity contribution is 0.218. The summed E-state index contributed by atoms with van der Waals surface area (Å²) in [5.74, 6) is 0.0865. The number of nitrogens with zero attached hydrogens (tertiary/aromatic N) is 2. The van der Waals surface area contributed by atoms with Gasteiger partial charge in [-0.2, -0.15) is 5.10 Å². The summed E-state index contributed by atoms with van der Waals surface area (Å²) in [5.41, 5.74) is 0.681. The van der Waals surface area contributed by atoms with Gasteiger partial charge in [-0.05, 0) is 18.1 Å². The summed E-state index contributed by atoms with van der Waals surface area (Å²) in [6.45, 7) is 3.69. The number of amides is 2. The predicted molar refractivity (Wildman–Crippen MR) is 87.2 cm³/mol. The van der Waals surface area contributed by atoms with Gasteiger partial charge in [0.15, 0.2) is 11.6 Å². The van der Waals surface area contributed by atoms with Crippen molar-refractivity contribution >= 4 is 6.03 Å². The molecule has 128 valence electrons.